The van der Waals surface area contributed by atoms with E-state index in [1.807, 2.05) is 0 Å². The summed E-state index contributed by atoms with van der Waals surface area (Å²) in [4.78, 5) is 8.24. The fourth-order valence-electron chi connectivity index (χ4n) is 1.24. The number of nitrogens with one attached hydrogen (secondary N) is 1. The Morgan fingerprint density at radius 1 is 1.46 bits per heavy atom. The summed E-state index contributed by atoms with van der Waals surface area (Å²) in [7, 11) is 0. The van der Waals surface area contributed by atoms with Crippen LogP contribution in [0.4, 0.5) is 5.82 Å². The van der Waals surface area contributed by atoms with Gasteiger partial charge in [0.1, 0.15) is 10.4 Å². The van der Waals surface area contributed by atoms with Crippen molar-refractivity contribution in [3.05, 3.63) is 17.0 Å². The Labute approximate surface area is 84.9 Å². The third-order valence-electron chi connectivity index (χ3n) is 1.90. The van der Waals surface area contributed by atoms with Gasteiger partial charge in [-0.3, -0.25) is 0 Å². The quantitative estimate of drug-likeness (QED) is 0.855. The molecular weight excluding hydrogens is 234 g/mol. The van der Waals surface area contributed by atoms with Crippen molar-refractivity contribution in [1.29, 1.82) is 0 Å². The second-order valence-electron chi connectivity index (χ2n) is 2.93. The number of anilines is 1. The number of halogens is 1. The monoisotopic (exact) mass is 243 g/mol. The van der Waals surface area contributed by atoms with Crippen molar-refractivity contribution in [3.63, 3.8) is 0 Å². The van der Waals surface area contributed by atoms with Crippen molar-refractivity contribution in [3.8, 4) is 0 Å². The molecule has 1 atom stereocenters. The molecule has 0 saturated carbocycles. The van der Waals surface area contributed by atoms with Gasteiger partial charge in [0.2, 0.25) is 0 Å². The van der Waals surface area contributed by atoms with Crippen LogP contribution in [0.5, 0.6) is 0 Å². The average Bonchev–Trinajstić information content (AvgIpc) is 2.62. The SMILES string of the molecule is Brc1cnc(NC2CCOC2)cn1. The fraction of sp³-hybridized carbons (Fsp3) is 0.500. The molecule has 0 spiro atoms. The van der Waals surface area contributed by atoms with E-state index in [9.17, 15) is 0 Å². The first-order valence-corrected chi connectivity index (χ1v) is 4.96. The number of hydrogen-bond acceptors (Lipinski definition) is 4. The molecule has 1 saturated heterocycles. The van der Waals surface area contributed by atoms with Gasteiger partial charge in [0, 0.05) is 6.61 Å². The maximum atomic E-state index is 5.23. The minimum absolute atomic E-state index is 0.385. The Bertz CT molecular complexity index is 271. The number of rotatable bonds is 2. The highest BCUT2D eigenvalue weighted by molar-refractivity contribution is 9.10. The molecule has 0 bridgehead atoms. The van der Waals surface area contributed by atoms with Crippen molar-refractivity contribution >= 4 is 21.7 Å². The van der Waals surface area contributed by atoms with Crippen LogP contribution in [0.3, 0.4) is 0 Å². The topological polar surface area (TPSA) is 47.0 Å². The van der Waals surface area contributed by atoms with Gasteiger partial charge in [-0.25, -0.2) is 9.97 Å². The molecule has 1 aromatic heterocycles. The summed E-state index contributed by atoms with van der Waals surface area (Å²) in [5.74, 6) is 0.804. The zero-order valence-corrected chi connectivity index (χ0v) is 8.62. The molecule has 4 nitrogen and oxygen atoms in total. The summed E-state index contributed by atoms with van der Waals surface area (Å²) < 4.78 is 5.98. The van der Waals surface area contributed by atoms with Gasteiger partial charge < -0.3 is 10.1 Å². The maximum absolute atomic E-state index is 5.23. The van der Waals surface area contributed by atoms with Crippen LogP contribution in [-0.4, -0.2) is 29.2 Å². The molecule has 1 aliphatic heterocycles. The van der Waals surface area contributed by atoms with Gasteiger partial charge in [-0.05, 0) is 22.4 Å². The third-order valence-corrected chi connectivity index (χ3v) is 2.31. The first-order chi connectivity index (χ1) is 6.34. The van der Waals surface area contributed by atoms with Crippen molar-refractivity contribution in [2.45, 2.75) is 12.5 Å². The molecule has 1 fully saturated rings. The van der Waals surface area contributed by atoms with Crippen LogP contribution in [0.15, 0.2) is 17.0 Å². The molecule has 0 radical (unpaired) electrons. The van der Waals surface area contributed by atoms with E-state index in [-0.39, 0.29) is 0 Å². The highest BCUT2D eigenvalue weighted by atomic mass is 79.9. The van der Waals surface area contributed by atoms with E-state index in [1.165, 1.54) is 0 Å². The van der Waals surface area contributed by atoms with E-state index in [4.69, 9.17) is 4.74 Å². The van der Waals surface area contributed by atoms with E-state index in [1.54, 1.807) is 12.4 Å². The summed E-state index contributed by atoms with van der Waals surface area (Å²) in [6.45, 7) is 1.60. The van der Waals surface area contributed by atoms with Gasteiger partial charge in [0.25, 0.3) is 0 Å². The summed E-state index contributed by atoms with van der Waals surface area (Å²) in [6.07, 6.45) is 4.43. The summed E-state index contributed by atoms with van der Waals surface area (Å²) >= 11 is 3.23. The molecular formula is C8H10BrN3O. The largest absolute Gasteiger partial charge is 0.379 e. The standard InChI is InChI=1S/C8H10BrN3O/c9-7-3-11-8(4-10-7)12-6-1-2-13-5-6/h3-4,6H,1-2,5H2,(H,11,12). The van der Waals surface area contributed by atoms with Gasteiger partial charge in [0.05, 0.1) is 25.0 Å². The van der Waals surface area contributed by atoms with Crippen LogP contribution in [0.1, 0.15) is 6.42 Å². The van der Waals surface area contributed by atoms with Gasteiger partial charge in [-0.1, -0.05) is 0 Å². The molecule has 1 N–H and O–H groups in total. The minimum atomic E-state index is 0.385. The summed E-state index contributed by atoms with van der Waals surface area (Å²) in [5.41, 5.74) is 0. The highest BCUT2D eigenvalue weighted by Crippen LogP contribution is 2.11. The molecule has 2 rings (SSSR count). The second kappa shape index (κ2) is 4.02. The van der Waals surface area contributed by atoms with Gasteiger partial charge in [-0.2, -0.15) is 0 Å². The van der Waals surface area contributed by atoms with E-state index < -0.39 is 0 Å². The molecule has 0 aromatic carbocycles. The molecule has 70 valence electrons. The highest BCUT2D eigenvalue weighted by Gasteiger charge is 2.15. The van der Waals surface area contributed by atoms with Crippen LogP contribution in [0, 0.1) is 0 Å². The Hall–Kier alpha value is -0.680. The van der Waals surface area contributed by atoms with Crippen molar-refractivity contribution < 1.29 is 4.74 Å². The Morgan fingerprint density at radius 3 is 3.00 bits per heavy atom. The fourth-order valence-corrected chi connectivity index (χ4v) is 1.45. The predicted molar refractivity (Wildman–Crippen MR) is 52.6 cm³/mol. The van der Waals surface area contributed by atoms with Crippen LogP contribution in [0.2, 0.25) is 0 Å². The lowest BCUT2D eigenvalue weighted by Crippen LogP contribution is -2.19. The molecule has 13 heavy (non-hydrogen) atoms. The molecule has 0 amide bonds. The number of aromatic nitrogens is 2. The van der Waals surface area contributed by atoms with Crippen LogP contribution < -0.4 is 5.32 Å². The first-order valence-electron chi connectivity index (χ1n) is 4.16. The van der Waals surface area contributed by atoms with E-state index in [0.717, 1.165) is 30.1 Å². The van der Waals surface area contributed by atoms with Crippen LogP contribution in [0.25, 0.3) is 0 Å². The van der Waals surface area contributed by atoms with Crippen molar-refractivity contribution in [2.24, 2.45) is 0 Å². The first kappa shape index (κ1) is 8.90. The number of ether oxygens (including phenoxy) is 1. The van der Waals surface area contributed by atoms with E-state index in [0.29, 0.717) is 6.04 Å². The van der Waals surface area contributed by atoms with Crippen molar-refractivity contribution in [1.82, 2.24) is 9.97 Å². The summed E-state index contributed by atoms with van der Waals surface area (Å²) in [5, 5.41) is 3.25. The van der Waals surface area contributed by atoms with Crippen LogP contribution in [-0.2, 0) is 4.74 Å². The molecule has 0 aliphatic carbocycles. The number of nitrogens with zero attached hydrogens (tertiary/aromatic N) is 2. The minimum Gasteiger partial charge on any atom is -0.379 e. The van der Waals surface area contributed by atoms with Gasteiger partial charge in [-0.15, -0.1) is 0 Å². The van der Waals surface area contributed by atoms with Crippen molar-refractivity contribution in [2.75, 3.05) is 18.5 Å². The lowest BCUT2D eigenvalue weighted by atomic mass is 10.3. The third kappa shape index (κ3) is 2.38. The van der Waals surface area contributed by atoms with Crippen LogP contribution >= 0.6 is 15.9 Å². The zero-order valence-electron chi connectivity index (χ0n) is 7.03. The maximum Gasteiger partial charge on any atom is 0.144 e. The molecule has 2 heterocycles. The van der Waals surface area contributed by atoms with Gasteiger partial charge >= 0.3 is 0 Å². The van der Waals surface area contributed by atoms with E-state index >= 15 is 0 Å². The smallest absolute Gasteiger partial charge is 0.144 e. The zero-order chi connectivity index (χ0) is 9.10. The molecule has 1 unspecified atom stereocenters. The molecule has 5 heteroatoms. The Kier molecular flexibility index (Phi) is 2.75. The normalized spacial score (nSPS) is 21.8. The Balaban J connectivity index is 1.97. The lowest BCUT2D eigenvalue weighted by molar-refractivity contribution is 0.195. The molecule has 1 aliphatic rings. The lowest BCUT2D eigenvalue weighted by Gasteiger charge is -2.09. The Morgan fingerprint density at radius 2 is 2.38 bits per heavy atom. The average molecular weight is 244 g/mol. The second-order valence-corrected chi connectivity index (χ2v) is 3.74. The van der Waals surface area contributed by atoms with Gasteiger partial charge in [0.15, 0.2) is 0 Å². The predicted octanol–water partition coefficient (Wildman–Crippen LogP) is 1.44. The molecule has 1 aromatic rings. The summed E-state index contributed by atoms with van der Waals surface area (Å²) in [6, 6.07) is 0.385. The van der Waals surface area contributed by atoms with E-state index in [2.05, 4.69) is 31.2 Å². The number of hydrogen-bond donors (Lipinski definition) is 1.